The van der Waals surface area contributed by atoms with E-state index in [1.165, 1.54) is 6.92 Å². The Hall–Kier alpha value is -3.15. The Morgan fingerprint density at radius 2 is 1.61 bits per heavy atom. The van der Waals surface area contributed by atoms with Crippen LogP contribution in [0.2, 0.25) is 0 Å². The molecular formula is C22H27N3O3. The molecule has 2 rings (SSSR count). The van der Waals surface area contributed by atoms with Crippen LogP contribution in [0.4, 0.5) is 5.69 Å². The highest BCUT2D eigenvalue weighted by atomic mass is 16.2. The molecule has 0 radical (unpaired) electrons. The molecule has 6 heteroatoms. The Morgan fingerprint density at radius 1 is 0.929 bits per heavy atom. The van der Waals surface area contributed by atoms with Crippen LogP contribution in [0.3, 0.4) is 0 Å². The molecule has 0 heterocycles. The average Bonchev–Trinajstić information content (AvgIpc) is 2.67. The number of carbonyl (C=O) groups excluding carboxylic acids is 3. The summed E-state index contributed by atoms with van der Waals surface area (Å²) in [6, 6.07) is 16.4. The number of amides is 3. The first kappa shape index (κ1) is 21.2. The van der Waals surface area contributed by atoms with Gasteiger partial charge in [0.2, 0.25) is 17.7 Å². The zero-order chi connectivity index (χ0) is 20.4. The lowest BCUT2D eigenvalue weighted by atomic mass is 10.0. The van der Waals surface area contributed by atoms with Crippen molar-refractivity contribution in [1.29, 1.82) is 0 Å². The molecule has 0 fully saturated rings. The molecule has 1 atom stereocenters. The second kappa shape index (κ2) is 10.9. The largest absolute Gasteiger partial charge is 0.352 e. The Labute approximate surface area is 165 Å². The Morgan fingerprint density at radius 3 is 2.21 bits per heavy atom. The van der Waals surface area contributed by atoms with Crippen molar-refractivity contribution in [3.63, 3.8) is 0 Å². The van der Waals surface area contributed by atoms with Crippen LogP contribution in [0, 0.1) is 0 Å². The van der Waals surface area contributed by atoms with E-state index in [1.807, 2.05) is 61.5 Å². The predicted molar refractivity (Wildman–Crippen MR) is 109 cm³/mol. The van der Waals surface area contributed by atoms with E-state index in [0.29, 0.717) is 13.0 Å². The molecule has 0 aliphatic carbocycles. The van der Waals surface area contributed by atoms with E-state index in [0.717, 1.165) is 23.2 Å². The molecule has 3 N–H and O–H groups in total. The van der Waals surface area contributed by atoms with Gasteiger partial charge in [-0.05, 0) is 29.7 Å². The van der Waals surface area contributed by atoms with Crippen molar-refractivity contribution in [2.24, 2.45) is 0 Å². The van der Waals surface area contributed by atoms with Crippen LogP contribution in [0.5, 0.6) is 0 Å². The summed E-state index contributed by atoms with van der Waals surface area (Å²) in [5.74, 6) is -0.334. The van der Waals surface area contributed by atoms with Gasteiger partial charge < -0.3 is 16.0 Å². The summed E-state index contributed by atoms with van der Waals surface area (Å²) in [6.45, 7) is 3.78. The average molecular weight is 381 g/mol. The van der Waals surface area contributed by atoms with Crippen molar-refractivity contribution in [1.82, 2.24) is 10.6 Å². The number of hydrogen-bond donors (Lipinski definition) is 3. The van der Waals surface area contributed by atoms with E-state index < -0.39 is 0 Å². The van der Waals surface area contributed by atoms with E-state index in [4.69, 9.17) is 0 Å². The highest BCUT2D eigenvalue weighted by Crippen LogP contribution is 2.17. The lowest BCUT2D eigenvalue weighted by Gasteiger charge is -2.18. The van der Waals surface area contributed by atoms with Crippen molar-refractivity contribution in [2.45, 2.75) is 45.7 Å². The van der Waals surface area contributed by atoms with Gasteiger partial charge in [-0.15, -0.1) is 0 Å². The maximum Gasteiger partial charge on any atom is 0.224 e. The molecule has 0 bridgehead atoms. The molecule has 0 aliphatic heterocycles. The minimum absolute atomic E-state index is 0.00604. The summed E-state index contributed by atoms with van der Waals surface area (Å²) in [7, 11) is 0. The maximum absolute atomic E-state index is 12.3. The van der Waals surface area contributed by atoms with E-state index in [9.17, 15) is 14.4 Å². The number of hydrogen-bond acceptors (Lipinski definition) is 3. The molecule has 3 amide bonds. The van der Waals surface area contributed by atoms with Gasteiger partial charge in [0.25, 0.3) is 0 Å². The molecule has 28 heavy (non-hydrogen) atoms. The van der Waals surface area contributed by atoms with Crippen molar-refractivity contribution in [3.05, 3.63) is 65.7 Å². The number of carbonyl (C=O) groups is 3. The Kier molecular flexibility index (Phi) is 8.21. The molecule has 0 aliphatic rings. The zero-order valence-electron chi connectivity index (χ0n) is 16.3. The molecule has 0 saturated carbocycles. The van der Waals surface area contributed by atoms with Gasteiger partial charge >= 0.3 is 0 Å². The fourth-order valence-electron chi connectivity index (χ4n) is 2.80. The lowest BCUT2D eigenvalue weighted by Crippen LogP contribution is -2.32. The van der Waals surface area contributed by atoms with Gasteiger partial charge in [-0.25, -0.2) is 0 Å². The topological polar surface area (TPSA) is 87.3 Å². The van der Waals surface area contributed by atoms with E-state index in [2.05, 4.69) is 16.0 Å². The van der Waals surface area contributed by atoms with Crippen LogP contribution in [-0.4, -0.2) is 17.7 Å². The SMILES string of the molecule is CCCC(=O)Nc1ccc(CNC(=O)CC(NC(C)=O)c2ccccc2)cc1. The molecular weight excluding hydrogens is 354 g/mol. The van der Waals surface area contributed by atoms with Crippen LogP contribution in [0.1, 0.15) is 50.3 Å². The van der Waals surface area contributed by atoms with Crippen molar-refractivity contribution in [3.8, 4) is 0 Å². The minimum atomic E-state index is -0.366. The normalized spacial score (nSPS) is 11.4. The highest BCUT2D eigenvalue weighted by molar-refractivity contribution is 5.90. The molecule has 6 nitrogen and oxygen atoms in total. The quantitative estimate of drug-likeness (QED) is 0.623. The highest BCUT2D eigenvalue weighted by Gasteiger charge is 2.16. The number of nitrogens with one attached hydrogen (secondary N) is 3. The molecule has 148 valence electrons. The van der Waals surface area contributed by atoms with Gasteiger partial charge in [0.05, 0.1) is 12.5 Å². The van der Waals surface area contributed by atoms with E-state index in [1.54, 1.807) is 0 Å². The Balaban J connectivity index is 1.88. The minimum Gasteiger partial charge on any atom is -0.352 e. The monoisotopic (exact) mass is 381 g/mol. The van der Waals surface area contributed by atoms with Gasteiger partial charge in [-0.1, -0.05) is 49.4 Å². The van der Waals surface area contributed by atoms with Gasteiger partial charge in [-0.3, -0.25) is 14.4 Å². The smallest absolute Gasteiger partial charge is 0.224 e. The van der Waals surface area contributed by atoms with E-state index in [-0.39, 0.29) is 30.2 Å². The summed E-state index contributed by atoms with van der Waals surface area (Å²) < 4.78 is 0. The summed E-state index contributed by atoms with van der Waals surface area (Å²) in [5.41, 5.74) is 2.56. The third-order valence-electron chi connectivity index (χ3n) is 4.17. The van der Waals surface area contributed by atoms with Crippen LogP contribution in [0.15, 0.2) is 54.6 Å². The number of benzene rings is 2. The number of rotatable bonds is 9. The van der Waals surface area contributed by atoms with Gasteiger partial charge in [-0.2, -0.15) is 0 Å². The summed E-state index contributed by atoms with van der Waals surface area (Å²) >= 11 is 0. The molecule has 1 unspecified atom stereocenters. The summed E-state index contributed by atoms with van der Waals surface area (Å²) in [6.07, 6.45) is 1.46. The van der Waals surface area contributed by atoms with Gasteiger partial charge in [0.15, 0.2) is 0 Å². The zero-order valence-corrected chi connectivity index (χ0v) is 16.3. The Bertz CT molecular complexity index is 788. The van der Waals surface area contributed by atoms with Gasteiger partial charge in [0, 0.05) is 25.6 Å². The fourth-order valence-corrected chi connectivity index (χ4v) is 2.80. The predicted octanol–water partition coefficient (Wildman–Crippen LogP) is 3.31. The molecule has 0 saturated heterocycles. The molecule has 0 aromatic heterocycles. The first-order chi connectivity index (χ1) is 13.5. The van der Waals surface area contributed by atoms with Crippen molar-refractivity contribution < 1.29 is 14.4 Å². The molecule has 0 spiro atoms. The third-order valence-corrected chi connectivity index (χ3v) is 4.17. The van der Waals surface area contributed by atoms with Crippen LogP contribution < -0.4 is 16.0 Å². The summed E-state index contributed by atoms with van der Waals surface area (Å²) in [4.78, 5) is 35.4. The van der Waals surface area contributed by atoms with Gasteiger partial charge in [0.1, 0.15) is 0 Å². The van der Waals surface area contributed by atoms with Crippen molar-refractivity contribution in [2.75, 3.05) is 5.32 Å². The standard InChI is InChI=1S/C22H27N3O3/c1-3-7-21(27)25-19-12-10-17(11-13-19)15-23-22(28)14-20(24-16(2)26)18-8-5-4-6-9-18/h4-6,8-13,20H,3,7,14-15H2,1-2H3,(H,23,28)(H,24,26)(H,25,27). The summed E-state index contributed by atoms with van der Waals surface area (Å²) in [5, 5.41) is 8.53. The lowest BCUT2D eigenvalue weighted by molar-refractivity contribution is -0.123. The van der Waals surface area contributed by atoms with Crippen LogP contribution in [0.25, 0.3) is 0 Å². The first-order valence-electron chi connectivity index (χ1n) is 9.45. The van der Waals surface area contributed by atoms with E-state index >= 15 is 0 Å². The first-order valence-corrected chi connectivity index (χ1v) is 9.45. The molecule has 2 aromatic rings. The maximum atomic E-state index is 12.3. The third kappa shape index (κ3) is 7.23. The van der Waals surface area contributed by atoms with Crippen molar-refractivity contribution >= 4 is 23.4 Å². The van der Waals surface area contributed by atoms with Crippen LogP contribution in [-0.2, 0) is 20.9 Å². The second-order valence-corrected chi connectivity index (χ2v) is 6.64. The molecule has 2 aromatic carbocycles. The second-order valence-electron chi connectivity index (χ2n) is 6.64. The number of anilines is 1. The fraction of sp³-hybridized carbons (Fsp3) is 0.318. The van der Waals surface area contributed by atoms with Crippen LogP contribution >= 0.6 is 0 Å².